The van der Waals surface area contributed by atoms with Crippen molar-refractivity contribution >= 4 is 0 Å². The molecule has 0 radical (unpaired) electrons. The lowest BCUT2D eigenvalue weighted by atomic mass is 9.41. The molecule has 4 saturated carbocycles. The topological polar surface area (TPSA) is 0 Å². The Morgan fingerprint density at radius 3 is 1.50 bits per heavy atom. The summed E-state index contributed by atoms with van der Waals surface area (Å²) in [7, 11) is 0. The van der Waals surface area contributed by atoms with Gasteiger partial charge in [0.05, 0.1) is 0 Å². The number of hydrogen-bond donors (Lipinski definition) is 0. The third kappa shape index (κ3) is 2.31. The molecule has 0 atom stereocenters. The highest BCUT2D eigenvalue weighted by molar-refractivity contribution is 5.07. The second-order valence-electron chi connectivity index (χ2n) is 7.28. The van der Waals surface area contributed by atoms with Gasteiger partial charge in [-0.1, -0.05) is 53.4 Å². The molecule has 0 nitrogen and oxygen atoms in total. The first-order valence-corrected chi connectivity index (χ1v) is 7.53. The summed E-state index contributed by atoms with van der Waals surface area (Å²) in [5.41, 5.74) is 0.866. The Kier molecular flexibility index (Phi) is 3.66. The predicted molar refractivity (Wildman–Crippen MR) is 71.4 cm³/mol. The fourth-order valence-electron chi connectivity index (χ4n) is 3.88. The molecule has 0 unspecified atom stereocenters. The van der Waals surface area contributed by atoms with E-state index >= 15 is 0 Å². The molecule has 0 aromatic carbocycles. The summed E-state index contributed by atoms with van der Waals surface area (Å²) in [4.78, 5) is 0. The molecule has 94 valence electrons. The summed E-state index contributed by atoms with van der Waals surface area (Å²) in [6, 6.07) is 0. The zero-order valence-corrected chi connectivity index (χ0v) is 11.8. The van der Waals surface area contributed by atoms with Gasteiger partial charge in [0.25, 0.3) is 0 Å². The largest absolute Gasteiger partial charge is 0.0625 e. The van der Waals surface area contributed by atoms with Gasteiger partial charge in [0.15, 0.2) is 0 Å². The summed E-state index contributed by atoms with van der Waals surface area (Å²) < 4.78 is 0. The van der Waals surface area contributed by atoms with Crippen molar-refractivity contribution in [3.05, 3.63) is 0 Å². The SMILES string of the molecule is CC(C)C12CC(C1)C2.CC(C)C1CCCC1. The summed E-state index contributed by atoms with van der Waals surface area (Å²) in [6.45, 7) is 9.43. The van der Waals surface area contributed by atoms with E-state index in [2.05, 4.69) is 27.7 Å². The summed E-state index contributed by atoms with van der Waals surface area (Å²) in [6.07, 6.45) is 10.7. The van der Waals surface area contributed by atoms with E-state index in [1.54, 1.807) is 19.3 Å². The van der Waals surface area contributed by atoms with Crippen LogP contribution in [0.2, 0.25) is 0 Å². The molecule has 0 aliphatic heterocycles. The van der Waals surface area contributed by atoms with Crippen molar-refractivity contribution in [3.8, 4) is 0 Å². The summed E-state index contributed by atoms with van der Waals surface area (Å²) >= 11 is 0. The van der Waals surface area contributed by atoms with Gasteiger partial charge in [-0.15, -0.1) is 0 Å². The number of rotatable bonds is 2. The van der Waals surface area contributed by atoms with Crippen LogP contribution < -0.4 is 0 Å². The van der Waals surface area contributed by atoms with Gasteiger partial charge in [0, 0.05) is 0 Å². The second kappa shape index (κ2) is 4.70. The van der Waals surface area contributed by atoms with Crippen molar-refractivity contribution < 1.29 is 0 Å². The molecule has 4 aliphatic rings. The zero-order valence-electron chi connectivity index (χ0n) is 11.8. The lowest BCUT2D eigenvalue weighted by molar-refractivity contribution is -0.141. The van der Waals surface area contributed by atoms with Crippen LogP contribution in [-0.2, 0) is 0 Å². The molecule has 0 heterocycles. The van der Waals surface area contributed by atoms with Crippen molar-refractivity contribution in [2.75, 3.05) is 0 Å². The van der Waals surface area contributed by atoms with Crippen LogP contribution in [0.4, 0.5) is 0 Å². The highest BCUT2D eigenvalue weighted by atomic mass is 14.6. The van der Waals surface area contributed by atoms with Crippen LogP contribution >= 0.6 is 0 Å². The van der Waals surface area contributed by atoms with Gasteiger partial charge in [-0.2, -0.15) is 0 Å². The summed E-state index contributed by atoms with van der Waals surface area (Å²) in [5, 5.41) is 0. The minimum absolute atomic E-state index is 0.866. The Balaban J connectivity index is 0.000000120. The molecule has 4 rings (SSSR count). The molecule has 4 aliphatic carbocycles. The smallest absolute Gasteiger partial charge is 0.0267 e. The fourth-order valence-corrected chi connectivity index (χ4v) is 3.88. The van der Waals surface area contributed by atoms with E-state index in [4.69, 9.17) is 0 Å². The average Bonchev–Trinajstić information content (AvgIpc) is 2.48. The van der Waals surface area contributed by atoms with Crippen LogP contribution in [-0.4, -0.2) is 0 Å². The van der Waals surface area contributed by atoms with Crippen molar-refractivity contribution in [1.82, 2.24) is 0 Å². The van der Waals surface area contributed by atoms with Crippen LogP contribution in [0.5, 0.6) is 0 Å². The zero-order chi connectivity index (χ0) is 11.8. The Bertz CT molecular complexity index is 203. The van der Waals surface area contributed by atoms with Crippen molar-refractivity contribution in [1.29, 1.82) is 0 Å². The van der Waals surface area contributed by atoms with E-state index in [0.717, 1.165) is 29.1 Å². The molecular formula is C16H30. The maximum Gasteiger partial charge on any atom is -0.0267 e. The summed E-state index contributed by atoms with van der Waals surface area (Å²) in [5.74, 6) is 4.14. The first-order chi connectivity index (χ1) is 7.53. The highest BCUT2D eigenvalue weighted by Crippen LogP contribution is 2.67. The highest BCUT2D eigenvalue weighted by Gasteiger charge is 2.57. The number of hydrogen-bond acceptors (Lipinski definition) is 0. The molecule has 0 heteroatoms. The third-order valence-corrected chi connectivity index (χ3v) is 5.65. The van der Waals surface area contributed by atoms with E-state index in [-0.39, 0.29) is 0 Å². The van der Waals surface area contributed by atoms with Crippen LogP contribution in [0.25, 0.3) is 0 Å². The maximum absolute atomic E-state index is 2.37. The van der Waals surface area contributed by atoms with Crippen molar-refractivity contribution in [2.45, 2.75) is 72.6 Å². The molecular weight excluding hydrogens is 192 g/mol. The third-order valence-electron chi connectivity index (χ3n) is 5.65. The van der Waals surface area contributed by atoms with Crippen LogP contribution in [0.3, 0.4) is 0 Å². The van der Waals surface area contributed by atoms with E-state index in [1.807, 2.05) is 0 Å². The molecule has 0 amide bonds. The van der Waals surface area contributed by atoms with Gasteiger partial charge in [-0.3, -0.25) is 0 Å². The van der Waals surface area contributed by atoms with Gasteiger partial charge in [0.2, 0.25) is 0 Å². The monoisotopic (exact) mass is 222 g/mol. The molecule has 0 spiro atoms. The maximum atomic E-state index is 2.37. The molecule has 0 saturated heterocycles. The van der Waals surface area contributed by atoms with Crippen LogP contribution in [0.1, 0.15) is 72.6 Å². The van der Waals surface area contributed by atoms with E-state index in [0.29, 0.717) is 0 Å². The Morgan fingerprint density at radius 1 is 0.875 bits per heavy atom. The molecule has 4 fully saturated rings. The molecule has 0 aromatic rings. The van der Waals surface area contributed by atoms with E-state index in [9.17, 15) is 0 Å². The van der Waals surface area contributed by atoms with Gasteiger partial charge in [0.1, 0.15) is 0 Å². The molecule has 0 N–H and O–H groups in total. The van der Waals surface area contributed by atoms with Gasteiger partial charge in [-0.05, 0) is 48.3 Å². The molecule has 16 heavy (non-hydrogen) atoms. The van der Waals surface area contributed by atoms with Crippen molar-refractivity contribution in [2.24, 2.45) is 29.1 Å². The Hall–Kier alpha value is 0. The molecule has 0 aromatic heterocycles. The van der Waals surface area contributed by atoms with Crippen LogP contribution in [0.15, 0.2) is 0 Å². The quantitative estimate of drug-likeness (QED) is 0.596. The molecule has 2 bridgehead atoms. The fraction of sp³-hybridized carbons (Fsp3) is 1.00. The second-order valence-corrected chi connectivity index (χ2v) is 7.28. The van der Waals surface area contributed by atoms with Crippen LogP contribution in [0, 0.1) is 29.1 Å². The standard InChI is InChI=1S/C8H14.C8H16/c1-6(2)8-3-7(4-8)5-8;1-7(2)8-5-3-4-6-8/h6-7H,3-5H2,1-2H3;7-8H,3-6H2,1-2H3. The Labute approximate surface area is 102 Å². The van der Waals surface area contributed by atoms with E-state index in [1.165, 1.54) is 25.7 Å². The lowest BCUT2D eigenvalue weighted by Crippen LogP contribution is -2.54. The first-order valence-electron chi connectivity index (χ1n) is 7.53. The first kappa shape index (κ1) is 12.5. The van der Waals surface area contributed by atoms with Gasteiger partial charge >= 0.3 is 0 Å². The van der Waals surface area contributed by atoms with Crippen molar-refractivity contribution in [3.63, 3.8) is 0 Å². The minimum Gasteiger partial charge on any atom is -0.0625 e. The van der Waals surface area contributed by atoms with Gasteiger partial charge in [-0.25, -0.2) is 0 Å². The Morgan fingerprint density at radius 2 is 1.38 bits per heavy atom. The van der Waals surface area contributed by atoms with E-state index < -0.39 is 0 Å². The predicted octanol–water partition coefficient (Wildman–Crippen LogP) is 5.28. The van der Waals surface area contributed by atoms with Gasteiger partial charge < -0.3 is 0 Å². The lowest BCUT2D eigenvalue weighted by Gasteiger charge is -2.64. The normalized spacial score (nSPS) is 36.8. The minimum atomic E-state index is 0.866. The average molecular weight is 222 g/mol.